The minimum absolute atomic E-state index is 0.110. The monoisotopic (exact) mass is 219 g/mol. The highest BCUT2D eigenvalue weighted by molar-refractivity contribution is 8.00. The molecule has 0 bridgehead atoms. The second-order valence-corrected chi connectivity index (χ2v) is 4.78. The van der Waals surface area contributed by atoms with Crippen LogP contribution in [0.2, 0.25) is 0 Å². The molecular weight excluding hydrogens is 198 g/mol. The van der Waals surface area contributed by atoms with Crippen LogP contribution in [0, 0.1) is 0 Å². The Morgan fingerprint density at radius 3 is 2.64 bits per heavy atom. The van der Waals surface area contributed by atoms with Crippen molar-refractivity contribution in [3.8, 4) is 0 Å². The Labute approximate surface area is 91.0 Å². The van der Waals surface area contributed by atoms with Gasteiger partial charge in [0.15, 0.2) is 0 Å². The van der Waals surface area contributed by atoms with Crippen molar-refractivity contribution < 1.29 is 9.53 Å². The predicted molar refractivity (Wildman–Crippen MR) is 61.7 cm³/mol. The number of esters is 1. The standard InChI is InChI=1S/C10H21NO2S/c1-5-13-10(12)7-14-9(3)6-8(2)11-4/h8-9,11H,5-7H2,1-4H3. The van der Waals surface area contributed by atoms with E-state index in [1.165, 1.54) is 0 Å². The van der Waals surface area contributed by atoms with Gasteiger partial charge in [0, 0.05) is 11.3 Å². The fraction of sp³-hybridized carbons (Fsp3) is 0.900. The molecule has 0 heterocycles. The van der Waals surface area contributed by atoms with E-state index in [-0.39, 0.29) is 5.97 Å². The molecule has 0 saturated heterocycles. The summed E-state index contributed by atoms with van der Waals surface area (Å²) in [6.45, 7) is 6.58. The predicted octanol–water partition coefficient (Wildman–Crippen LogP) is 1.67. The van der Waals surface area contributed by atoms with E-state index < -0.39 is 0 Å². The first-order valence-electron chi connectivity index (χ1n) is 5.04. The third-order valence-corrected chi connectivity index (χ3v) is 3.13. The number of nitrogens with one attached hydrogen (secondary N) is 1. The average Bonchev–Trinajstić information content (AvgIpc) is 2.15. The van der Waals surface area contributed by atoms with Crippen LogP contribution in [0.3, 0.4) is 0 Å². The quantitative estimate of drug-likeness (QED) is 0.661. The number of hydrogen-bond donors (Lipinski definition) is 1. The van der Waals surface area contributed by atoms with Gasteiger partial charge in [-0.2, -0.15) is 0 Å². The summed E-state index contributed by atoms with van der Waals surface area (Å²) >= 11 is 1.65. The maximum atomic E-state index is 11.0. The molecule has 3 nitrogen and oxygen atoms in total. The van der Waals surface area contributed by atoms with Crippen molar-refractivity contribution in [3.63, 3.8) is 0 Å². The number of carbonyl (C=O) groups excluding carboxylic acids is 1. The van der Waals surface area contributed by atoms with Crippen molar-refractivity contribution in [2.75, 3.05) is 19.4 Å². The maximum absolute atomic E-state index is 11.0. The Morgan fingerprint density at radius 1 is 1.50 bits per heavy atom. The molecule has 84 valence electrons. The van der Waals surface area contributed by atoms with Crippen molar-refractivity contribution in [1.29, 1.82) is 0 Å². The summed E-state index contributed by atoms with van der Waals surface area (Å²) in [5.74, 6) is 0.354. The lowest BCUT2D eigenvalue weighted by Gasteiger charge is -2.15. The van der Waals surface area contributed by atoms with E-state index in [4.69, 9.17) is 4.74 Å². The average molecular weight is 219 g/mol. The number of ether oxygens (including phenoxy) is 1. The summed E-state index contributed by atoms with van der Waals surface area (Å²) in [5, 5.41) is 3.67. The van der Waals surface area contributed by atoms with Crippen LogP contribution in [-0.2, 0) is 9.53 Å². The molecule has 4 heteroatoms. The second kappa shape index (κ2) is 8.12. The van der Waals surface area contributed by atoms with Gasteiger partial charge in [-0.05, 0) is 27.3 Å². The van der Waals surface area contributed by atoms with Crippen LogP contribution in [0.1, 0.15) is 27.2 Å². The number of carbonyl (C=O) groups is 1. The number of hydrogen-bond acceptors (Lipinski definition) is 4. The zero-order valence-electron chi connectivity index (χ0n) is 9.50. The molecule has 2 atom stereocenters. The van der Waals surface area contributed by atoms with Gasteiger partial charge in [0.05, 0.1) is 12.4 Å². The van der Waals surface area contributed by atoms with Gasteiger partial charge in [-0.25, -0.2) is 0 Å². The molecule has 14 heavy (non-hydrogen) atoms. The van der Waals surface area contributed by atoms with Crippen LogP contribution >= 0.6 is 11.8 Å². The molecule has 0 saturated carbocycles. The molecule has 0 rings (SSSR count). The molecule has 0 aliphatic carbocycles. The van der Waals surface area contributed by atoms with Gasteiger partial charge in [-0.15, -0.1) is 11.8 Å². The lowest BCUT2D eigenvalue weighted by molar-refractivity contribution is -0.139. The molecule has 0 spiro atoms. The van der Waals surface area contributed by atoms with E-state index in [2.05, 4.69) is 19.2 Å². The molecule has 1 N–H and O–H groups in total. The van der Waals surface area contributed by atoms with Gasteiger partial charge in [0.25, 0.3) is 0 Å². The summed E-state index contributed by atoms with van der Waals surface area (Å²) in [6.07, 6.45) is 1.07. The van der Waals surface area contributed by atoms with Crippen LogP contribution in [0.25, 0.3) is 0 Å². The molecule has 0 aromatic heterocycles. The van der Waals surface area contributed by atoms with E-state index in [9.17, 15) is 4.79 Å². The number of thioether (sulfide) groups is 1. The summed E-state index contributed by atoms with van der Waals surface area (Å²) < 4.78 is 4.85. The van der Waals surface area contributed by atoms with Crippen LogP contribution in [0.15, 0.2) is 0 Å². The molecule has 0 aliphatic rings. The van der Waals surface area contributed by atoms with Crippen molar-refractivity contribution in [2.24, 2.45) is 0 Å². The molecule has 0 radical (unpaired) electrons. The lowest BCUT2D eigenvalue weighted by Crippen LogP contribution is -2.24. The molecular formula is C10H21NO2S. The minimum Gasteiger partial charge on any atom is -0.465 e. The fourth-order valence-electron chi connectivity index (χ4n) is 1.10. The molecule has 0 amide bonds. The summed E-state index contributed by atoms with van der Waals surface area (Å²) in [4.78, 5) is 11.0. The fourth-order valence-corrected chi connectivity index (χ4v) is 2.03. The molecule has 2 unspecified atom stereocenters. The number of rotatable bonds is 7. The third-order valence-electron chi connectivity index (χ3n) is 1.97. The van der Waals surface area contributed by atoms with Crippen LogP contribution in [-0.4, -0.2) is 36.7 Å². The topological polar surface area (TPSA) is 38.3 Å². The van der Waals surface area contributed by atoms with Crippen LogP contribution in [0.4, 0.5) is 0 Å². The molecule has 0 aliphatic heterocycles. The minimum atomic E-state index is -0.110. The summed E-state index contributed by atoms with van der Waals surface area (Å²) in [5.41, 5.74) is 0. The first-order valence-corrected chi connectivity index (χ1v) is 6.09. The SMILES string of the molecule is CCOC(=O)CSC(C)CC(C)NC. The van der Waals surface area contributed by atoms with Crippen molar-refractivity contribution in [1.82, 2.24) is 5.32 Å². The highest BCUT2D eigenvalue weighted by atomic mass is 32.2. The Balaban J connectivity index is 3.52. The van der Waals surface area contributed by atoms with Gasteiger partial charge in [0.2, 0.25) is 0 Å². The highest BCUT2D eigenvalue weighted by Gasteiger charge is 2.10. The Bertz CT molecular complexity index is 164. The first-order chi connectivity index (χ1) is 6.60. The Hall–Kier alpha value is -0.220. The van der Waals surface area contributed by atoms with Gasteiger partial charge in [0.1, 0.15) is 0 Å². The zero-order valence-corrected chi connectivity index (χ0v) is 10.3. The normalized spacial score (nSPS) is 14.9. The van der Waals surface area contributed by atoms with E-state index in [1.807, 2.05) is 14.0 Å². The maximum Gasteiger partial charge on any atom is 0.315 e. The van der Waals surface area contributed by atoms with Gasteiger partial charge in [-0.1, -0.05) is 6.92 Å². The van der Waals surface area contributed by atoms with Gasteiger partial charge in [-0.3, -0.25) is 4.79 Å². The lowest BCUT2D eigenvalue weighted by atomic mass is 10.2. The highest BCUT2D eigenvalue weighted by Crippen LogP contribution is 2.15. The van der Waals surface area contributed by atoms with E-state index in [0.29, 0.717) is 23.7 Å². The molecule has 0 aromatic rings. The zero-order chi connectivity index (χ0) is 11.0. The molecule has 0 aromatic carbocycles. The Kier molecular flexibility index (Phi) is 7.99. The van der Waals surface area contributed by atoms with E-state index in [0.717, 1.165) is 6.42 Å². The largest absolute Gasteiger partial charge is 0.465 e. The summed E-state index contributed by atoms with van der Waals surface area (Å²) in [6, 6.07) is 0.500. The smallest absolute Gasteiger partial charge is 0.315 e. The van der Waals surface area contributed by atoms with E-state index in [1.54, 1.807) is 11.8 Å². The van der Waals surface area contributed by atoms with Crippen molar-refractivity contribution in [3.05, 3.63) is 0 Å². The second-order valence-electron chi connectivity index (χ2n) is 3.35. The van der Waals surface area contributed by atoms with E-state index >= 15 is 0 Å². The third kappa shape index (κ3) is 7.21. The van der Waals surface area contributed by atoms with Crippen molar-refractivity contribution in [2.45, 2.75) is 38.5 Å². The van der Waals surface area contributed by atoms with Crippen molar-refractivity contribution >= 4 is 17.7 Å². The summed E-state index contributed by atoms with van der Waals surface area (Å²) in [7, 11) is 1.95. The Morgan fingerprint density at radius 2 is 2.14 bits per heavy atom. The van der Waals surface area contributed by atoms with Crippen LogP contribution < -0.4 is 5.32 Å². The van der Waals surface area contributed by atoms with Gasteiger partial charge < -0.3 is 10.1 Å². The van der Waals surface area contributed by atoms with Crippen LogP contribution in [0.5, 0.6) is 0 Å². The first kappa shape index (κ1) is 13.8. The van der Waals surface area contributed by atoms with Gasteiger partial charge >= 0.3 is 5.97 Å². The molecule has 0 fully saturated rings.